The van der Waals surface area contributed by atoms with Gasteiger partial charge in [0.1, 0.15) is 5.82 Å². The second-order valence-corrected chi connectivity index (χ2v) is 10.9. The minimum absolute atomic E-state index is 0.0963. The summed E-state index contributed by atoms with van der Waals surface area (Å²) in [7, 11) is 5.09. The molecule has 0 unspecified atom stereocenters. The third-order valence-electron chi connectivity index (χ3n) is 7.99. The van der Waals surface area contributed by atoms with Crippen molar-refractivity contribution in [2.45, 2.75) is 19.9 Å². The Bertz CT molecular complexity index is 1570. The molecule has 230 valence electrons. The lowest BCUT2D eigenvalue weighted by atomic mass is 10.00. The quantitative estimate of drug-likeness (QED) is 0.368. The van der Waals surface area contributed by atoms with Crippen LogP contribution in [-0.2, 0) is 16.1 Å². The maximum Gasteiger partial charge on any atom is 0.260 e. The zero-order chi connectivity index (χ0) is 31.2. The Morgan fingerprint density at radius 1 is 1.02 bits per heavy atom. The first-order valence-corrected chi connectivity index (χ1v) is 14.5. The van der Waals surface area contributed by atoms with Crippen LogP contribution in [0.15, 0.2) is 60.4 Å². The van der Waals surface area contributed by atoms with E-state index >= 15 is 0 Å². The molecular weight excluding hydrogens is 563 g/mol. The van der Waals surface area contributed by atoms with Crippen LogP contribution in [0, 0.1) is 5.82 Å². The van der Waals surface area contributed by atoms with Crippen LogP contribution < -0.4 is 19.5 Å². The van der Waals surface area contributed by atoms with E-state index < -0.39 is 0 Å². The van der Waals surface area contributed by atoms with Crippen molar-refractivity contribution in [1.29, 1.82) is 0 Å². The molecule has 0 radical (unpaired) electrons. The van der Waals surface area contributed by atoms with Crippen molar-refractivity contribution in [3.8, 4) is 17.2 Å². The van der Waals surface area contributed by atoms with E-state index in [-0.39, 0.29) is 30.7 Å². The number of nitrogens with one attached hydrogen (secondary N) is 1. The predicted octanol–water partition coefficient (Wildman–Crippen LogP) is 4.42. The average molecular weight is 601 g/mol. The first-order valence-electron chi connectivity index (χ1n) is 14.5. The Hall–Kier alpha value is -4.70. The van der Waals surface area contributed by atoms with Crippen molar-refractivity contribution in [1.82, 2.24) is 20.1 Å². The van der Waals surface area contributed by atoms with E-state index in [1.54, 1.807) is 35.5 Å². The number of allylic oxidation sites excluding steroid dienone is 2. The number of methoxy groups -OCH3 is 2. The van der Waals surface area contributed by atoms with Crippen LogP contribution in [0.4, 0.5) is 4.39 Å². The number of halogens is 1. The lowest BCUT2D eigenvalue weighted by Crippen LogP contribution is -2.48. The van der Waals surface area contributed by atoms with Crippen molar-refractivity contribution in [3.05, 3.63) is 88.5 Å². The largest absolute Gasteiger partial charge is 0.493 e. The van der Waals surface area contributed by atoms with E-state index in [9.17, 15) is 14.0 Å². The number of hydrogen-bond donors (Lipinski definition) is 1. The number of piperazine rings is 1. The summed E-state index contributed by atoms with van der Waals surface area (Å²) < 4.78 is 31.7. The summed E-state index contributed by atoms with van der Waals surface area (Å²) in [5.74, 6) is 0.526. The molecule has 3 aromatic rings. The van der Waals surface area contributed by atoms with Crippen LogP contribution in [0.3, 0.4) is 0 Å². The summed E-state index contributed by atoms with van der Waals surface area (Å²) in [4.78, 5) is 33.8. The highest BCUT2D eigenvalue weighted by atomic mass is 19.1. The monoisotopic (exact) mass is 600 g/mol. The Balaban J connectivity index is 1.39. The number of ether oxygens (including phenoxy) is 3. The molecule has 10 heteroatoms. The molecule has 1 saturated heterocycles. The van der Waals surface area contributed by atoms with Gasteiger partial charge in [-0.2, -0.15) is 0 Å². The second-order valence-electron chi connectivity index (χ2n) is 10.9. The highest BCUT2D eigenvalue weighted by molar-refractivity contribution is 6.08. The Kier molecular flexibility index (Phi) is 9.59. The smallest absolute Gasteiger partial charge is 0.260 e. The van der Waals surface area contributed by atoms with Crippen molar-refractivity contribution in [3.63, 3.8) is 0 Å². The summed E-state index contributed by atoms with van der Waals surface area (Å²) in [6.45, 7) is 5.12. The third kappa shape index (κ3) is 6.92. The van der Waals surface area contributed by atoms with E-state index in [0.29, 0.717) is 42.4 Å². The van der Waals surface area contributed by atoms with Gasteiger partial charge in [-0.05, 0) is 89.4 Å². The molecule has 1 aliphatic heterocycles. The minimum Gasteiger partial charge on any atom is -0.493 e. The first kappa shape index (κ1) is 30.7. The molecule has 0 spiro atoms. The number of likely N-dealkylation sites (N-methyl/N-ethyl adjacent to an activating group) is 1. The van der Waals surface area contributed by atoms with Gasteiger partial charge in [-0.25, -0.2) is 4.39 Å². The Morgan fingerprint density at radius 3 is 2.41 bits per heavy atom. The standard InChI is InChI=1S/C34H37FN4O5/c1-22-27(26-8-7-25(35)17-29(26)28(22)18-32(40)37-20-23-6-5-9-36-19-23)14-24-15-30(42-3)34(31(16-24)43-4)44-21-33(41)39-12-10-38(2)11-13-39/h5-9,14-17,19H,10-13,18,20-21H2,1-4H3,(H,37,40). The molecule has 44 heavy (non-hydrogen) atoms. The van der Waals surface area contributed by atoms with Gasteiger partial charge in [0.25, 0.3) is 5.91 Å². The number of carbonyl (C=O) groups is 2. The Labute approximate surface area is 256 Å². The lowest BCUT2D eigenvalue weighted by Gasteiger charge is -2.32. The van der Waals surface area contributed by atoms with Gasteiger partial charge in [-0.1, -0.05) is 12.1 Å². The van der Waals surface area contributed by atoms with Gasteiger partial charge in [-0.15, -0.1) is 0 Å². The fourth-order valence-corrected chi connectivity index (χ4v) is 5.48. The molecular formula is C34H37FN4O5. The number of hydrogen-bond acceptors (Lipinski definition) is 7. The molecule has 0 atom stereocenters. The third-order valence-corrected chi connectivity index (χ3v) is 7.99. The summed E-state index contributed by atoms with van der Waals surface area (Å²) in [6, 6.07) is 11.9. The molecule has 1 N–H and O–H groups in total. The normalized spacial score (nSPS) is 15.8. The van der Waals surface area contributed by atoms with Crippen LogP contribution in [0.25, 0.3) is 17.2 Å². The van der Waals surface area contributed by atoms with Gasteiger partial charge in [0.2, 0.25) is 11.7 Å². The number of amides is 2. The molecule has 2 heterocycles. The van der Waals surface area contributed by atoms with Gasteiger partial charge in [0, 0.05) is 45.1 Å². The highest BCUT2D eigenvalue weighted by Gasteiger charge is 2.27. The molecule has 0 saturated carbocycles. The average Bonchev–Trinajstić information content (AvgIpc) is 3.28. The molecule has 2 amide bonds. The van der Waals surface area contributed by atoms with Crippen LogP contribution in [-0.4, -0.2) is 80.7 Å². The van der Waals surface area contributed by atoms with E-state index in [4.69, 9.17) is 14.2 Å². The van der Waals surface area contributed by atoms with Gasteiger partial charge >= 0.3 is 0 Å². The SMILES string of the molecule is COc1cc(C=C2C(C)=C(CC(=O)NCc3cccnc3)c3cc(F)ccc32)cc(OC)c1OCC(=O)N1CCN(C)CC1. The molecule has 2 aromatic carbocycles. The van der Waals surface area contributed by atoms with Gasteiger partial charge in [0.15, 0.2) is 18.1 Å². The topological polar surface area (TPSA) is 93.2 Å². The minimum atomic E-state index is -0.373. The van der Waals surface area contributed by atoms with Gasteiger partial charge in [0.05, 0.1) is 20.6 Å². The maximum absolute atomic E-state index is 14.4. The lowest BCUT2D eigenvalue weighted by molar-refractivity contribution is -0.135. The fraction of sp³-hybridized carbons (Fsp3) is 0.324. The Morgan fingerprint density at radius 2 is 1.75 bits per heavy atom. The zero-order valence-electron chi connectivity index (χ0n) is 25.5. The number of benzene rings is 2. The second kappa shape index (κ2) is 13.7. The summed E-state index contributed by atoms with van der Waals surface area (Å²) in [6.07, 6.45) is 5.44. The molecule has 1 fully saturated rings. The molecule has 5 rings (SSSR count). The van der Waals surface area contributed by atoms with Crippen LogP contribution in [0.2, 0.25) is 0 Å². The molecule has 9 nitrogen and oxygen atoms in total. The fourth-order valence-electron chi connectivity index (χ4n) is 5.48. The van der Waals surface area contributed by atoms with Crippen molar-refractivity contribution in [2.24, 2.45) is 0 Å². The van der Waals surface area contributed by atoms with Crippen LogP contribution in [0.1, 0.15) is 35.6 Å². The molecule has 1 aromatic heterocycles. The number of nitrogens with zero attached hydrogens (tertiary/aromatic N) is 3. The molecule has 0 bridgehead atoms. The van der Waals surface area contributed by atoms with E-state index in [2.05, 4.69) is 15.2 Å². The van der Waals surface area contributed by atoms with E-state index in [0.717, 1.165) is 46.5 Å². The molecule has 2 aliphatic rings. The summed E-state index contributed by atoms with van der Waals surface area (Å²) >= 11 is 0. The van der Waals surface area contributed by atoms with Crippen LogP contribution >= 0.6 is 0 Å². The first-order chi connectivity index (χ1) is 21.3. The number of rotatable bonds is 10. The van der Waals surface area contributed by atoms with Gasteiger partial charge < -0.3 is 29.3 Å². The van der Waals surface area contributed by atoms with E-state index in [1.165, 1.54) is 26.4 Å². The van der Waals surface area contributed by atoms with Crippen molar-refractivity contribution in [2.75, 3.05) is 54.1 Å². The number of carbonyl (C=O) groups excluding carboxylic acids is 2. The van der Waals surface area contributed by atoms with Crippen molar-refractivity contribution < 1.29 is 28.2 Å². The van der Waals surface area contributed by atoms with Gasteiger partial charge in [-0.3, -0.25) is 14.6 Å². The number of aromatic nitrogens is 1. The summed E-state index contributed by atoms with van der Waals surface area (Å²) in [5, 5.41) is 2.93. The summed E-state index contributed by atoms with van der Waals surface area (Å²) in [5.41, 5.74) is 5.65. The molecule has 1 aliphatic carbocycles. The maximum atomic E-state index is 14.4. The number of fused-ring (bicyclic) bond motifs is 1. The van der Waals surface area contributed by atoms with Crippen molar-refractivity contribution >= 4 is 29.0 Å². The van der Waals surface area contributed by atoms with E-state index in [1.807, 2.05) is 32.2 Å². The predicted molar refractivity (Wildman–Crippen MR) is 167 cm³/mol. The van der Waals surface area contributed by atoms with Crippen LogP contribution in [0.5, 0.6) is 17.2 Å². The zero-order valence-corrected chi connectivity index (χ0v) is 25.5. The number of pyridine rings is 1. The highest BCUT2D eigenvalue weighted by Crippen LogP contribution is 2.45.